The van der Waals surface area contributed by atoms with Gasteiger partial charge in [0.25, 0.3) is 5.91 Å². The quantitative estimate of drug-likeness (QED) is 0.409. The van der Waals surface area contributed by atoms with E-state index in [1.54, 1.807) is 24.4 Å². The zero-order valence-electron chi connectivity index (χ0n) is 10.4. The fourth-order valence-electron chi connectivity index (χ4n) is 1.44. The lowest BCUT2D eigenvalue weighted by Gasteiger charge is -2.06. The number of hydrogen-bond acceptors (Lipinski definition) is 5. The molecule has 0 aliphatic carbocycles. The first kappa shape index (κ1) is 15.5. The number of rotatable bonds is 3. The van der Waals surface area contributed by atoms with E-state index in [9.17, 15) is 15.0 Å². The molecule has 2 rings (SSSR count). The molecule has 0 saturated carbocycles. The molecule has 0 saturated heterocycles. The number of carbonyl (C=O) groups is 1. The number of hydrazone groups is 1. The van der Waals surface area contributed by atoms with Gasteiger partial charge in [0.05, 0.1) is 20.7 Å². The molecule has 0 fully saturated rings. The summed E-state index contributed by atoms with van der Waals surface area (Å²) in [6.45, 7) is 0. The number of benzene rings is 1. The molecule has 1 amide bonds. The van der Waals surface area contributed by atoms with E-state index >= 15 is 0 Å². The fraction of sp³-hybridized carbons (Fsp3) is 0. The van der Waals surface area contributed by atoms with Gasteiger partial charge in [-0.25, -0.2) is 5.43 Å². The monoisotopic (exact) mass is 413 g/mol. The highest BCUT2D eigenvalue weighted by atomic mass is 79.9. The van der Waals surface area contributed by atoms with E-state index in [0.717, 1.165) is 0 Å². The van der Waals surface area contributed by atoms with Crippen molar-refractivity contribution in [2.24, 2.45) is 5.10 Å². The zero-order chi connectivity index (χ0) is 15.4. The first-order valence-electron chi connectivity index (χ1n) is 5.64. The molecule has 0 atom stereocenters. The Labute approximate surface area is 136 Å². The molecule has 0 aliphatic heterocycles. The predicted octanol–water partition coefficient (Wildman–Crippen LogP) is 2.78. The number of nitrogens with zero attached hydrogens (tertiary/aromatic N) is 2. The van der Waals surface area contributed by atoms with Crippen LogP contribution in [-0.2, 0) is 0 Å². The van der Waals surface area contributed by atoms with Crippen molar-refractivity contribution >= 4 is 44.0 Å². The number of nitrogens with one attached hydrogen (secondary N) is 1. The van der Waals surface area contributed by atoms with Crippen molar-refractivity contribution in [1.82, 2.24) is 10.4 Å². The lowest BCUT2D eigenvalue weighted by atomic mass is 10.2. The third-order valence-electron chi connectivity index (χ3n) is 2.49. The molecule has 2 aromatic rings. The van der Waals surface area contributed by atoms with Crippen LogP contribution >= 0.6 is 31.9 Å². The van der Waals surface area contributed by atoms with Gasteiger partial charge in [-0.15, -0.1) is 0 Å². The van der Waals surface area contributed by atoms with Crippen LogP contribution < -0.4 is 5.43 Å². The average molecular weight is 415 g/mol. The van der Waals surface area contributed by atoms with Crippen LogP contribution in [0.5, 0.6) is 11.5 Å². The molecule has 21 heavy (non-hydrogen) atoms. The Morgan fingerprint density at radius 1 is 1.33 bits per heavy atom. The molecule has 8 heteroatoms. The smallest absolute Gasteiger partial charge is 0.272 e. The number of carbonyl (C=O) groups excluding carboxylic acids is 1. The van der Waals surface area contributed by atoms with Gasteiger partial charge in [0, 0.05) is 18.0 Å². The summed E-state index contributed by atoms with van der Waals surface area (Å²) in [5.41, 5.74) is 3.19. The van der Waals surface area contributed by atoms with Crippen LogP contribution in [0.4, 0.5) is 0 Å². The number of phenolic OH excluding ortho intramolecular Hbond substituents is 2. The Morgan fingerprint density at radius 3 is 2.76 bits per heavy atom. The molecule has 1 heterocycles. The van der Waals surface area contributed by atoms with Crippen molar-refractivity contribution in [1.29, 1.82) is 0 Å². The second-order valence-corrected chi connectivity index (χ2v) is 5.55. The molecule has 108 valence electrons. The van der Waals surface area contributed by atoms with E-state index in [1.165, 1.54) is 12.4 Å². The van der Waals surface area contributed by atoms with Gasteiger partial charge in [-0.3, -0.25) is 9.78 Å². The summed E-state index contributed by atoms with van der Waals surface area (Å²) in [7, 11) is 0. The molecule has 3 N–H and O–H groups in total. The van der Waals surface area contributed by atoms with E-state index in [-0.39, 0.29) is 16.0 Å². The lowest BCUT2D eigenvalue weighted by Crippen LogP contribution is -2.17. The predicted molar refractivity (Wildman–Crippen MR) is 84.5 cm³/mol. The van der Waals surface area contributed by atoms with Crippen LogP contribution in [0.15, 0.2) is 44.6 Å². The number of phenols is 2. The Kier molecular flexibility index (Phi) is 4.92. The molecule has 1 aromatic heterocycles. The van der Waals surface area contributed by atoms with Crippen molar-refractivity contribution in [3.05, 3.63) is 50.7 Å². The Hall–Kier alpha value is -1.93. The van der Waals surface area contributed by atoms with E-state index in [4.69, 9.17) is 0 Å². The third-order valence-corrected chi connectivity index (χ3v) is 3.93. The number of hydrogen-bond donors (Lipinski definition) is 3. The van der Waals surface area contributed by atoms with Gasteiger partial charge in [-0.1, -0.05) is 0 Å². The van der Waals surface area contributed by atoms with E-state index in [1.807, 2.05) is 0 Å². The van der Waals surface area contributed by atoms with Crippen LogP contribution in [0.1, 0.15) is 15.9 Å². The van der Waals surface area contributed by atoms with Gasteiger partial charge in [-0.05, 0) is 50.1 Å². The Morgan fingerprint density at radius 2 is 2.10 bits per heavy atom. The summed E-state index contributed by atoms with van der Waals surface area (Å²) in [6, 6.07) is 4.79. The molecule has 0 unspecified atom stereocenters. The average Bonchev–Trinajstić information content (AvgIpc) is 2.51. The van der Waals surface area contributed by atoms with Crippen LogP contribution in [-0.4, -0.2) is 27.3 Å². The summed E-state index contributed by atoms with van der Waals surface area (Å²) < 4.78 is 0.575. The van der Waals surface area contributed by atoms with Gasteiger partial charge in [-0.2, -0.15) is 5.10 Å². The van der Waals surface area contributed by atoms with E-state index in [0.29, 0.717) is 15.6 Å². The van der Waals surface area contributed by atoms with Crippen molar-refractivity contribution in [3.63, 3.8) is 0 Å². The maximum Gasteiger partial charge on any atom is 0.272 e. The first-order chi connectivity index (χ1) is 10.0. The topological polar surface area (TPSA) is 94.8 Å². The van der Waals surface area contributed by atoms with Gasteiger partial charge < -0.3 is 10.2 Å². The van der Waals surface area contributed by atoms with Crippen molar-refractivity contribution in [2.45, 2.75) is 0 Å². The largest absolute Gasteiger partial charge is 0.503 e. The van der Waals surface area contributed by atoms with Crippen LogP contribution in [0.2, 0.25) is 0 Å². The van der Waals surface area contributed by atoms with Crippen molar-refractivity contribution in [2.75, 3.05) is 0 Å². The molecular weight excluding hydrogens is 406 g/mol. The summed E-state index contributed by atoms with van der Waals surface area (Å²) in [4.78, 5) is 15.6. The van der Waals surface area contributed by atoms with Gasteiger partial charge in [0.1, 0.15) is 0 Å². The molecule has 0 bridgehead atoms. The maximum atomic E-state index is 11.7. The molecule has 6 nitrogen and oxygen atoms in total. The SMILES string of the molecule is O=C(N/N=C/c1cc(Br)c(O)c(O)c1Br)c1cccnc1. The van der Waals surface area contributed by atoms with Crippen LogP contribution in [0, 0.1) is 0 Å². The number of pyridine rings is 1. The lowest BCUT2D eigenvalue weighted by molar-refractivity contribution is 0.0955. The Bertz CT molecular complexity index is 706. The minimum atomic E-state index is -0.405. The minimum absolute atomic E-state index is 0.266. The van der Waals surface area contributed by atoms with Crippen LogP contribution in [0.25, 0.3) is 0 Å². The highest BCUT2D eigenvalue weighted by Gasteiger charge is 2.12. The highest BCUT2D eigenvalue weighted by Crippen LogP contribution is 2.40. The van der Waals surface area contributed by atoms with E-state index < -0.39 is 5.91 Å². The second-order valence-electron chi connectivity index (χ2n) is 3.90. The second kappa shape index (κ2) is 6.68. The van der Waals surface area contributed by atoms with Crippen molar-refractivity contribution < 1.29 is 15.0 Å². The van der Waals surface area contributed by atoms with Gasteiger partial charge in [0.15, 0.2) is 11.5 Å². The van der Waals surface area contributed by atoms with Crippen molar-refractivity contribution in [3.8, 4) is 11.5 Å². The fourth-order valence-corrected chi connectivity index (χ4v) is 2.28. The molecule has 0 radical (unpaired) electrons. The Balaban J connectivity index is 2.14. The third kappa shape index (κ3) is 3.59. The summed E-state index contributed by atoms with van der Waals surface area (Å²) in [5.74, 6) is -1.000. The number of aromatic hydroxyl groups is 2. The number of amides is 1. The summed E-state index contributed by atoms with van der Waals surface area (Å²) >= 11 is 6.23. The highest BCUT2D eigenvalue weighted by molar-refractivity contribution is 9.11. The van der Waals surface area contributed by atoms with E-state index in [2.05, 4.69) is 47.4 Å². The number of aromatic nitrogens is 1. The molecular formula is C13H9Br2N3O3. The summed E-state index contributed by atoms with van der Waals surface area (Å²) in [5, 5.41) is 23.0. The van der Waals surface area contributed by atoms with Gasteiger partial charge in [0.2, 0.25) is 0 Å². The first-order valence-corrected chi connectivity index (χ1v) is 7.22. The molecule has 1 aromatic carbocycles. The van der Waals surface area contributed by atoms with Gasteiger partial charge >= 0.3 is 0 Å². The maximum absolute atomic E-state index is 11.7. The molecule has 0 aliphatic rings. The molecule has 0 spiro atoms. The number of halogens is 2. The minimum Gasteiger partial charge on any atom is -0.503 e. The normalized spacial score (nSPS) is 10.8. The standard InChI is InChI=1S/C13H9Br2N3O3/c14-9-4-8(10(15)12(20)11(9)19)6-17-18-13(21)7-2-1-3-16-5-7/h1-6,19-20H,(H,18,21)/b17-6+. The zero-order valence-corrected chi connectivity index (χ0v) is 13.6. The van der Waals surface area contributed by atoms with Crippen LogP contribution in [0.3, 0.4) is 0 Å². The summed E-state index contributed by atoms with van der Waals surface area (Å²) in [6.07, 6.45) is 4.32.